The van der Waals surface area contributed by atoms with Gasteiger partial charge in [-0.3, -0.25) is 4.79 Å². The Bertz CT molecular complexity index is 640. The molecule has 1 aliphatic carbocycles. The first-order valence-corrected chi connectivity index (χ1v) is 7.03. The van der Waals surface area contributed by atoms with Crippen molar-refractivity contribution in [2.24, 2.45) is 0 Å². The average Bonchev–Trinajstić information content (AvgIpc) is 3.30. The topological polar surface area (TPSA) is 43.4 Å². The molecule has 21 heavy (non-hydrogen) atoms. The molecule has 0 radical (unpaired) electrons. The molecule has 2 aromatic carbocycles. The summed E-state index contributed by atoms with van der Waals surface area (Å²) in [6.45, 7) is 0. The summed E-state index contributed by atoms with van der Waals surface area (Å²) in [4.78, 5) is 22.9. The SMILES string of the molecule is O=CC1(c2ccc(OC(=O)Cc3ccccc3)cc2)CC1. The van der Waals surface area contributed by atoms with Crippen molar-refractivity contribution in [3.63, 3.8) is 0 Å². The Morgan fingerprint density at radius 3 is 2.29 bits per heavy atom. The lowest BCUT2D eigenvalue weighted by molar-refractivity contribution is -0.133. The Morgan fingerprint density at radius 1 is 1.05 bits per heavy atom. The van der Waals surface area contributed by atoms with E-state index in [0.717, 1.165) is 30.3 Å². The molecule has 0 aliphatic heterocycles. The molecule has 1 fully saturated rings. The number of benzene rings is 2. The van der Waals surface area contributed by atoms with Crippen LogP contribution in [-0.4, -0.2) is 12.3 Å². The molecule has 0 bridgehead atoms. The average molecular weight is 280 g/mol. The highest BCUT2D eigenvalue weighted by Crippen LogP contribution is 2.46. The van der Waals surface area contributed by atoms with E-state index in [4.69, 9.17) is 4.74 Å². The van der Waals surface area contributed by atoms with Crippen molar-refractivity contribution in [2.75, 3.05) is 0 Å². The fourth-order valence-corrected chi connectivity index (χ4v) is 2.39. The summed E-state index contributed by atoms with van der Waals surface area (Å²) >= 11 is 0. The van der Waals surface area contributed by atoms with Gasteiger partial charge in [-0.1, -0.05) is 42.5 Å². The van der Waals surface area contributed by atoms with Gasteiger partial charge in [0.1, 0.15) is 12.0 Å². The Morgan fingerprint density at radius 2 is 1.71 bits per heavy atom. The van der Waals surface area contributed by atoms with Crippen LogP contribution in [0.4, 0.5) is 0 Å². The van der Waals surface area contributed by atoms with E-state index in [1.807, 2.05) is 42.5 Å². The van der Waals surface area contributed by atoms with Crippen LogP contribution in [0.5, 0.6) is 5.75 Å². The summed E-state index contributed by atoms with van der Waals surface area (Å²) in [6, 6.07) is 16.7. The Hall–Kier alpha value is -2.42. The molecule has 3 rings (SSSR count). The van der Waals surface area contributed by atoms with Crippen molar-refractivity contribution in [2.45, 2.75) is 24.7 Å². The van der Waals surface area contributed by atoms with Crippen LogP contribution in [0.3, 0.4) is 0 Å². The molecule has 0 atom stereocenters. The lowest BCUT2D eigenvalue weighted by atomic mass is 9.98. The second-order valence-corrected chi connectivity index (χ2v) is 5.43. The van der Waals surface area contributed by atoms with Crippen molar-refractivity contribution < 1.29 is 14.3 Å². The highest BCUT2D eigenvalue weighted by molar-refractivity contribution is 5.76. The van der Waals surface area contributed by atoms with Gasteiger partial charge in [0.2, 0.25) is 0 Å². The van der Waals surface area contributed by atoms with Gasteiger partial charge in [0.05, 0.1) is 11.8 Å². The summed E-state index contributed by atoms with van der Waals surface area (Å²) in [7, 11) is 0. The largest absolute Gasteiger partial charge is 0.426 e. The number of carbonyl (C=O) groups excluding carboxylic acids is 2. The zero-order chi connectivity index (χ0) is 14.7. The van der Waals surface area contributed by atoms with Gasteiger partial charge < -0.3 is 9.53 Å². The molecule has 0 saturated heterocycles. The fraction of sp³-hybridized carbons (Fsp3) is 0.222. The Kier molecular flexibility index (Phi) is 3.57. The van der Waals surface area contributed by atoms with Crippen LogP contribution in [0.25, 0.3) is 0 Å². The van der Waals surface area contributed by atoms with E-state index < -0.39 is 0 Å². The lowest BCUT2D eigenvalue weighted by Gasteiger charge is -2.09. The first-order chi connectivity index (χ1) is 10.2. The highest BCUT2D eigenvalue weighted by atomic mass is 16.5. The molecular formula is C18H16O3. The third-order valence-electron chi connectivity index (χ3n) is 3.87. The van der Waals surface area contributed by atoms with Crippen LogP contribution in [0.15, 0.2) is 54.6 Å². The third-order valence-corrected chi connectivity index (χ3v) is 3.87. The van der Waals surface area contributed by atoms with Gasteiger partial charge in [0.25, 0.3) is 0 Å². The number of carbonyl (C=O) groups is 2. The van der Waals surface area contributed by atoms with Crippen LogP contribution >= 0.6 is 0 Å². The molecule has 0 unspecified atom stereocenters. The van der Waals surface area contributed by atoms with Gasteiger partial charge in [-0.05, 0) is 36.1 Å². The Labute approximate surface area is 123 Å². The summed E-state index contributed by atoms with van der Waals surface area (Å²) in [6.07, 6.45) is 3.08. The minimum Gasteiger partial charge on any atom is -0.426 e. The monoisotopic (exact) mass is 280 g/mol. The first kappa shape index (κ1) is 13.6. The molecule has 1 aliphatic rings. The summed E-state index contributed by atoms with van der Waals surface area (Å²) in [5, 5.41) is 0. The maximum absolute atomic E-state index is 11.9. The number of ether oxygens (including phenoxy) is 1. The second-order valence-electron chi connectivity index (χ2n) is 5.43. The number of hydrogen-bond donors (Lipinski definition) is 0. The molecular weight excluding hydrogens is 264 g/mol. The maximum Gasteiger partial charge on any atom is 0.315 e. The standard InChI is InChI=1S/C18H16O3/c19-13-18(10-11-18)15-6-8-16(9-7-15)21-17(20)12-14-4-2-1-3-5-14/h1-9,13H,10-12H2. The fourth-order valence-electron chi connectivity index (χ4n) is 2.39. The molecule has 0 aromatic heterocycles. The van der Waals surface area contributed by atoms with Crippen LogP contribution in [0.2, 0.25) is 0 Å². The normalized spacial score (nSPS) is 15.2. The molecule has 0 amide bonds. The van der Waals surface area contributed by atoms with E-state index in [9.17, 15) is 9.59 Å². The van der Waals surface area contributed by atoms with E-state index in [1.165, 1.54) is 0 Å². The van der Waals surface area contributed by atoms with Crippen LogP contribution < -0.4 is 4.74 Å². The van der Waals surface area contributed by atoms with Crippen molar-refractivity contribution in [3.8, 4) is 5.75 Å². The van der Waals surface area contributed by atoms with Crippen molar-refractivity contribution in [3.05, 3.63) is 65.7 Å². The predicted octanol–water partition coefficient (Wildman–Crippen LogP) is 3.07. The minimum atomic E-state index is -0.287. The Balaban J connectivity index is 1.63. The van der Waals surface area contributed by atoms with Crippen molar-refractivity contribution >= 4 is 12.3 Å². The minimum absolute atomic E-state index is 0.251. The second kappa shape index (κ2) is 5.52. The molecule has 2 aromatic rings. The third kappa shape index (κ3) is 3.02. The molecule has 0 N–H and O–H groups in total. The van der Waals surface area contributed by atoms with Gasteiger partial charge in [-0.15, -0.1) is 0 Å². The molecule has 106 valence electrons. The van der Waals surface area contributed by atoms with E-state index >= 15 is 0 Å². The van der Waals surface area contributed by atoms with Gasteiger partial charge in [-0.2, -0.15) is 0 Å². The predicted molar refractivity (Wildman–Crippen MR) is 79.2 cm³/mol. The summed E-state index contributed by atoms with van der Waals surface area (Å²) in [5.41, 5.74) is 1.64. The van der Waals surface area contributed by atoms with E-state index in [0.29, 0.717) is 5.75 Å². The van der Waals surface area contributed by atoms with Crippen LogP contribution in [-0.2, 0) is 21.4 Å². The van der Waals surface area contributed by atoms with Gasteiger partial charge in [0, 0.05) is 0 Å². The molecule has 3 nitrogen and oxygen atoms in total. The highest BCUT2D eigenvalue weighted by Gasteiger charge is 2.44. The summed E-state index contributed by atoms with van der Waals surface area (Å²) < 4.78 is 5.31. The lowest BCUT2D eigenvalue weighted by Crippen LogP contribution is -2.12. The van der Waals surface area contributed by atoms with Crippen LogP contribution in [0.1, 0.15) is 24.0 Å². The summed E-state index contributed by atoms with van der Waals surface area (Å²) in [5.74, 6) is 0.229. The molecule has 1 saturated carbocycles. The van der Waals surface area contributed by atoms with Gasteiger partial charge in [-0.25, -0.2) is 0 Å². The number of aldehydes is 1. The molecule has 3 heteroatoms. The molecule has 0 heterocycles. The smallest absolute Gasteiger partial charge is 0.315 e. The molecule has 0 spiro atoms. The van der Waals surface area contributed by atoms with Crippen LogP contribution in [0, 0.1) is 0 Å². The first-order valence-electron chi connectivity index (χ1n) is 7.03. The number of rotatable bonds is 5. The van der Waals surface area contributed by atoms with Gasteiger partial charge in [0.15, 0.2) is 0 Å². The number of esters is 1. The van der Waals surface area contributed by atoms with Crippen molar-refractivity contribution in [1.29, 1.82) is 0 Å². The zero-order valence-electron chi connectivity index (χ0n) is 11.6. The van der Waals surface area contributed by atoms with E-state index in [-0.39, 0.29) is 17.8 Å². The van der Waals surface area contributed by atoms with E-state index in [1.54, 1.807) is 12.1 Å². The quantitative estimate of drug-likeness (QED) is 0.480. The van der Waals surface area contributed by atoms with Crippen molar-refractivity contribution in [1.82, 2.24) is 0 Å². The zero-order valence-corrected chi connectivity index (χ0v) is 11.6. The number of hydrogen-bond acceptors (Lipinski definition) is 3. The maximum atomic E-state index is 11.9. The van der Waals surface area contributed by atoms with Gasteiger partial charge >= 0.3 is 5.97 Å². The van der Waals surface area contributed by atoms with E-state index in [2.05, 4.69) is 0 Å².